The molecule has 3 rings (SSSR count). The molecular formula is C18H17ClN2O2. The standard InChI is InChI=1S/C18H17ClN2O2/c1-12-15(19)8-5-9-16(12)21-11-13(10-17(21)22)18(23)20-14-6-3-2-4-7-14/h2-9,13H,10-11H2,1H3,(H,20,23)/t13-/m1/s1. The number of hydrogen-bond acceptors (Lipinski definition) is 2. The number of carbonyl (C=O) groups is 2. The van der Waals surface area contributed by atoms with Gasteiger partial charge in [-0.25, -0.2) is 0 Å². The molecule has 0 aliphatic carbocycles. The molecule has 1 N–H and O–H groups in total. The third kappa shape index (κ3) is 3.22. The molecule has 1 aliphatic heterocycles. The Balaban J connectivity index is 1.75. The van der Waals surface area contributed by atoms with Crippen molar-refractivity contribution >= 4 is 34.8 Å². The van der Waals surface area contributed by atoms with E-state index in [1.807, 2.05) is 49.4 Å². The lowest BCUT2D eigenvalue weighted by molar-refractivity contribution is -0.122. The highest BCUT2D eigenvalue weighted by Gasteiger charge is 2.35. The topological polar surface area (TPSA) is 49.4 Å². The summed E-state index contributed by atoms with van der Waals surface area (Å²) in [5.41, 5.74) is 2.37. The number of amides is 2. The van der Waals surface area contributed by atoms with E-state index in [1.54, 1.807) is 11.0 Å². The highest BCUT2D eigenvalue weighted by molar-refractivity contribution is 6.31. The lowest BCUT2D eigenvalue weighted by atomic mass is 10.1. The number of nitrogens with zero attached hydrogens (tertiary/aromatic N) is 1. The molecule has 0 unspecified atom stereocenters. The predicted molar refractivity (Wildman–Crippen MR) is 91.7 cm³/mol. The van der Waals surface area contributed by atoms with E-state index in [-0.39, 0.29) is 24.2 Å². The summed E-state index contributed by atoms with van der Waals surface area (Å²) in [6.45, 7) is 2.25. The maximum atomic E-state index is 12.4. The molecule has 1 saturated heterocycles. The van der Waals surface area contributed by atoms with Gasteiger partial charge in [0.05, 0.1) is 5.92 Å². The van der Waals surface area contributed by atoms with Gasteiger partial charge in [0.1, 0.15) is 0 Å². The molecule has 1 aliphatic rings. The van der Waals surface area contributed by atoms with Gasteiger partial charge in [0.25, 0.3) is 0 Å². The first-order chi connectivity index (χ1) is 11.1. The fourth-order valence-electron chi connectivity index (χ4n) is 2.77. The molecule has 1 atom stereocenters. The fraction of sp³-hybridized carbons (Fsp3) is 0.222. The van der Waals surface area contributed by atoms with Gasteiger partial charge in [0.15, 0.2) is 0 Å². The van der Waals surface area contributed by atoms with Crippen LogP contribution < -0.4 is 10.2 Å². The van der Waals surface area contributed by atoms with Crippen LogP contribution in [-0.4, -0.2) is 18.4 Å². The summed E-state index contributed by atoms with van der Waals surface area (Å²) >= 11 is 6.13. The zero-order chi connectivity index (χ0) is 16.4. The molecule has 118 valence electrons. The fourth-order valence-corrected chi connectivity index (χ4v) is 2.94. The molecule has 2 amide bonds. The number of benzene rings is 2. The monoisotopic (exact) mass is 328 g/mol. The van der Waals surface area contributed by atoms with Crippen LogP contribution in [0.15, 0.2) is 48.5 Å². The second-order valence-electron chi connectivity index (χ2n) is 5.64. The van der Waals surface area contributed by atoms with Crippen molar-refractivity contribution in [1.29, 1.82) is 0 Å². The molecule has 23 heavy (non-hydrogen) atoms. The third-order valence-corrected chi connectivity index (χ3v) is 4.48. The number of nitrogens with one attached hydrogen (secondary N) is 1. The van der Waals surface area contributed by atoms with Crippen LogP contribution in [0.2, 0.25) is 5.02 Å². The number of halogens is 1. The van der Waals surface area contributed by atoms with E-state index in [2.05, 4.69) is 5.32 Å². The summed E-state index contributed by atoms with van der Waals surface area (Å²) in [5.74, 6) is -0.545. The Morgan fingerprint density at radius 1 is 1.17 bits per heavy atom. The molecule has 2 aromatic rings. The molecule has 0 aromatic heterocycles. The first-order valence-corrected chi connectivity index (χ1v) is 7.85. The number of anilines is 2. The summed E-state index contributed by atoms with van der Waals surface area (Å²) in [5, 5.41) is 3.48. The van der Waals surface area contributed by atoms with Crippen molar-refractivity contribution in [2.24, 2.45) is 5.92 Å². The summed E-state index contributed by atoms with van der Waals surface area (Å²) in [6, 6.07) is 14.7. The largest absolute Gasteiger partial charge is 0.326 e. The van der Waals surface area contributed by atoms with Gasteiger partial charge in [0.2, 0.25) is 11.8 Å². The second-order valence-corrected chi connectivity index (χ2v) is 6.05. The number of hydrogen-bond donors (Lipinski definition) is 1. The summed E-state index contributed by atoms with van der Waals surface area (Å²) in [6.07, 6.45) is 0.213. The molecule has 5 heteroatoms. The van der Waals surface area contributed by atoms with Crippen LogP contribution in [0.25, 0.3) is 0 Å². The van der Waals surface area contributed by atoms with Crippen LogP contribution in [0.5, 0.6) is 0 Å². The van der Waals surface area contributed by atoms with Crippen LogP contribution in [-0.2, 0) is 9.59 Å². The van der Waals surface area contributed by atoms with Crippen LogP contribution in [0, 0.1) is 12.8 Å². The molecule has 1 heterocycles. The summed E-state index contributed by atoms with van der Waals surface area (Å²) in [4.78, 5) is 26.3. The molecular weight excluding hydrogens is 312 g/mol. The smallest absolute Gasteiger partial charge is 0.229 e. The highest BCUT2D eigenvalue weighted by Crippen LogP contribution is 2.31. The van der Waals surface area contributed by atoms with Crippen LogP contribution in [0.3, 0.4) is 0 Å². The number of rotatable bonds is 3. The van der Waals surface area contributed by atoms with E-state index in [0.717, 1.165) is 16.9 Å². The van der Waals surface area contributed by atoms with Crippen molar-refractivity contribution in [2.45, 2.75) is 13.3 Å². The molecule has 0 bridgehead atoms. The van der Waals surface area contributed by atoms with Crippen LogP contribution in [0.4, 0.5) is 11.4 Å². The third-order valence-electron chi connectivity index (χ3n) is 4.07. The van der Waals surface area contributed by atoms with E-state index >= 15 is 0 Å². The lowest BCUT2D eigenvalue weighted by Gasteiger charge is -2.19. The van der Waals surface area contributed by atoms with Crippen LogP contribution >= 0.6 is 11.6 Å². The number of para-hydroxylation sites is 1. The van der Waals surface area contributed by atoms with Gasteiger partial charge >= 0.3 is 0 Å². The Kier molecular flexibility index (Phi) is 4.35. The normalized spacial score (nSPS) is 17.4. The van der Waals surface area contributed by atoms with Crippen molar-refractivity contribution < 1.29 is 9.59 Å². The van der Waals surface area contributed by atoms with Crippen molar-refractivity contribution in [3.63, 3.8) is 0 Å². The molecule has 2 aromatic carbocycles. The summed E-state index contributed by atoms with van der Waals surface area (Å²) in [7, 11) is 0. The Bertz CT molecular complexity index is 746. The molecule has 4 nitrogen and oxygen atoms in total. The molecule has 0 saturated carbocycles. The minimum atomic E-state index is -0.360. The Labute approximate surface area is 140 Å². The second kappa shape index (κ2) is 6.42. The van der Waals surface area contributed by atoms with E-state index < -0.39 is 0 Å². The average Bonchev–Trinajstić information content (AvgIpc) is 2.93. The van der Waals surface area contributed by atoms with E-state index in [0.29, 0.717) is 11.6 Å². The van der Waals surface area contributed by atoms with Gasteiger partial charge in [0, 0.05) is 29.4 Å². The first kappa shape index (κ1) is 15.6. The minimum absolute atomic E-state index is 0.0522. The Hall–Kier alpha value is -2.33. The maximum absolute atomic E-state index is 12.4. The molecule has 1 fully saturated rings. The van der Waals surface area contributed by atoms with E-state index in [9.17, 15) is 9.59 Å². The molecule has 0 spiro atoms. The van der Waals surface area contributed by atoms with Gasteiger partial charge in [-0.15, -0.1) is 0 Å². The average molecular weight is 329 g/mol. The van der Waals surface area contributed by atoms with Gasteiger partial charge in [-0.1, -0.05) is 35.9 Å². The Morgan fingerprint density at radius 3 is 2.65 bits per heavy atom. The SMILES string of the molecule is Cc1c(Cl)cccc1N1C[C@H](C(=O)Nc2ccccc2)CC1=O. The Morgan fingerprint density at radius 2 is 1.91 bits per heavy atom. The lowest BCUT2D eigenvalue weighted by Crippen LogP contribution is -2.28. The minimum Gasteiger partial charge on any atom is -0.326 e. The quantitative estimate of drug-likeness (QED) is 0.935. The van der Waals surface area contributed by atoms with E-state index in [4.69, 9.17) is 11.6 Å². The predicted octanol–water partition coefficient (Wildman–Crippen LogP) is 3.64. The molecule has 0 radical (unpaired) electrons. The van der Waals surface area contributed by atoms with Crippen molar-refractivity contribution in [2.75, 3.05) is 16.8 Å². The van der Waals surface area contributed by atoms with Crippen molar-refractivity contribution in [3.05, 3.63) is 59.1 Å². The van der Waals surface area contributed by atoms with Gasteiger partial charge in [-0.05, 0) is 36.8 Å². The maximum Gasteiger partial charge on any atom is 0.229 e. The zero-order valence-corrected chi connectivity index (χ0v) is 13.5. The van der Waals surface area contributed by atoms with Crippen molar-refractivity contribution in [3.8, 4) is 0 Å². The number of carbonyl (C=O) groups excluding carboxylic acids is 2. The van der Waals surface area contributed by atoms with Gasteiger partial charge in [-0.3, -0.25) is 9.59 Å². The van der Waals surface area contributed by atoms with Gasteiger partial charge in [-0.2, -0.15) is 0 Å². The zero-order valence-electron chi connectivity index (χ0n) is 12.8. The highest BCUT2D eigenvalue weighted by atomic mass is 35.5. The van der Waals surface area contributed by atoms with E-state index in [1.165, 1.54) is 0 Å². The van der Waals surface area contributed by atoms with Crippen molar-refractivity contribution in [1.82, 2.24) is 0 Å². The summed E-state index contributed by atoms with van der Waals surface area (Å²) < 4.78 is 0. The van der Waals surface area contributed by atoms with Crippen LogP contribution in [0.1, 0.15) is 12.0 Å². The first-order valence-electron chi connectivity index (χ1n) is 7.47. The van der Waals surface area contributed by atoms with Gasteiger partial charge < -0.3 is 10.2 Å².